The van der Waals surface area contributed by atoms with E-state index in [1.54, 1.807) is 4.57 Å². The summed E-state index contributed by atoms with van der Waals surface area (Å²) in [7, 11) is 0. The molecule has 0 aliphatic carbocycles. The molecule has 4 atom stereocenters. The van der Waals surface area contributed by atoms with Gasteiger partial charge in [0.15, 0.2) is 17.4 Å². The number of fused-ring (bicyclic) bond motifs is 1. The highest BCUT2D eigenvalue weighted by Crippen LogP contribution is 2.40. The third-order valence-corrected chi connectivity index (χ3v) is 6.24. The summed E-state index contributed by atoms with van der Waals surface area (Å²) in [5, 5.41) is 21.0. The van der Waals surface area contributed by atoms with E-state index in [0.717, 1.165) is 19.0 Å². The minimum atomic E-state index is -1.26. The van der Waals surface area contributed by atoms with Crippen LogP contribution in [0.25, 0.3) is 11.2 Å². The Morgan fingerprint density at radius 1 is 1.32 bits per heavy atom. The molecule has 1 aliphatic heterocycles. The van der Waals surface area contributed by atoms with Gasteiger partial charge in [-0.25, -0.2) is 4.98 Å². The summed E-state index contributed by atoms with van der Waals surface area (Å²) in [5.74, 6) is 0.358. The summed E-state index contributed by atoms with van der Waals surface area (Å²) in [6.07, 6.45) is 5.69. The van der Waals surface area contributed by atoms with Crippen molar-refractivity contribution in [2.24, 2.45) is 0 Å². The first-order valence-corrected chi connectivity index (χ1v) is 12.6. The Labute approximate surface area is 164 Å². The lowest BCUT2D eigenvalue weighted by molar-refractivity contribution is -0.0353. The first-order chi connectivity index (χ1) is 13.2. The van der Waals surface area contributed by atoms with Crippen molar-refractivity contribution in [3.05, 3.63) is 6.33 Å². The van der Waals surface area contributed by atoms with Gasteiger partial charge in [0, 0.05) is 0 Å². The van der Waals surface area contributed by atoms with Crippen LogP contribution in [-0.2, 0) is 4.74 Å². The van der Waals surface area contributed by atoms with Crippen LogP contribution in [0.1, 0.15) is 32.4 Å². The van der Waals surface area contributed by atoms with Crippen LogP contribution >= 0.6 is 6.89 Å². The zero-order valence-electron chi connectivity index (χ0n) is 16.7. The zero-order valence-corrected chi connectivity index (χ0v) is 17.5. The summed E-state index contributed by atoms with van der Waals surface area (Å²) in [4.78, 5) is 12.7. The van der Waals surface area contributed by atoms with Crippen LogP contribution in [0.5, 0.6) is 5.88 Å². The van der Waals surface area contributed by atoms with Crippen molar-refractivity contribution in [2.75, 3.05) is 31.8 Å². The number of nitrogens with zero attached hydrogens (tertiary/aromatic N) is 4. The van der Waals surface area contributed by atoms with Gasteiger partial charge in [-0.1, -0.05) is 13.3 Å². The SMILES string of the molecule is C=P(C)(C)CCC1OC(n2cnc3c(OCCCC)nc(N)nc32)[C@H](O)[C@@H]1O. The fourth-order valence-corrected chi connectivity index (χ4v) is 4.13. The molecule has 4 N–H and O–H groups in total. The Morgan fingerprint density at radius 2 is 2.07 bits per heavy atom. The number of nitrogen functional groups attached to an aromatic ring is 1. The fourth-order valence-electron chi connectivity index (χ4n) is 3.18. The summed E-state index contributed by atoms with van der Waals surface area (Å²) < 4.78 is 13.3. The summed E-state index contributed by atoms with van der Waals surface area (Å²) in [5.41, 5.74) is 6.69. The van der Waals surface area contributed by atoms with Gasteiger partial charge >= 0.3 is 0 Å². The molecule has 3 heterocycles. The number of aromatic nitrogens is 4. The molecule has 1 aliphatic rings. The van der Waals surface area contributed by atoms with Gasteiger partial charge in [0.25, 0.3) is 0 Å². The smallest absolute Gasteiger partial charge is 0.247 e. The first-order valence-electron chi connectivity index (χ1n) is 9.53. The van der Waals surface area contributed by atoms with Gasteiger partial charge in [-0.3, -0.25) is 4.57 Å². The number of rotatable bonds is 8. The molecular formula is C18H30N5O4P. The van der Waals surface area contributed by atoms with Gasteiger partial charge in [0.2, 0.25) is 11.8 Å². The molecule has 2 unspecified atom stereocenters. The highest BCUT2D eigenvalue weighted by Gasteiger charge is 2.44. The van der Waals surface area contributed by atoms with Crippen molar-refractivity contribution in [2.45, 2.75) is 50.7 Å². The van der Waals surface area contributed by atoms with E-state index in [1.807, 2.05) is 0 Å². The molecule has 10 heteroatoms. The van der Waals surface area contributed by atoms with Crippen LogP contribution in [0.15, 0.2) is 6.33 Å². The Balaban J connectivity index is 1.86. The van der Waals surface area contributed by atoms with Crippen LogP contribution in [0.4, 0.5) is 5.95 Å². The molecule has 2 aromatic rings. The Hall–Kier alpha value is -1.67. The Kier molecular flexibility index (Phi) is 6.29. The number of imidazole rings is 1. The minimum absolute atomic E-state index is 0.0499. The number of ether oxygens (including phenoxy) is 2. The number of aliphatic hydroxyl groups is 2. The van der Waals surface area contributed by atoms with Crippen molar-refractivity contribution in [1.29, 1.82) is 0 Å². The minimum Gasteiger partial charge on any atom is -0.476 e. The molecule has 9 nitrogen and oxygen atoms in total. The van der Waals surface area contributed by atoms with E-state index in [1.165, 1.54) is 6.33 Å². The molecule has 0 aromatic carbocycles. The third kappa shape index (κ3) is 4.49. The largest absolute Gasteiger partial charge is 0.476 e. The van der Waals surface area contributed by atoms with E-state index in [0.29, 0.717) is 30.1 Å². The van der Waals surface area contributed by atoms with E-state index < -0.39 is 31.4 Å². The van der Waals surface area contributed by atoms with E-state index in [-0.39, 0.29) is 5.95 Å². The van der Waals surface area contributed by atoms with E-state index in [9.17, 15) is 10.2 Å². The van der Waals surface area contributed by atoms with Crippen molar-refractivity contribution in [1.82, 2.24) is 19.5 Å². The zero-order chi connectivity index (χ0) is 20.5. The summed E-state index contributed by atoms with van der Waals surface area (Å²) in [6.45, 7) is 5.58. The molecule has 2 aromatic heterocycles. The summed E-state index contributed by atoms with van der Waals surface area (Å²) in [6, 6.07) is 0. The maximum Gasteiger partial charge on any atom is 0.247 e. The van der Waals surface area contributed by atoms with E-state index in [4.69, 9.17) is 15.2 Å². The highest BCUT2D eigenvalue weighted by molar-refractivity contribution is 7.72. The maximum absolute atomic E-state index is 10.6. The quantitative estimate of drug-likeness (QED) is 0.438. The van der Waals surface area contributed by atoms with Gasteiger partial charge in [-0.15, -0.1) is 13.2 Å². The molecule has 0 bridgehead atoms. The molecule has 1 fully saturated rings. The fraction of sp³-hybridized carbons (Fsp3) is 0.667. The van der Waals surface area contributed by atoms with Crippen LogP contribution in [0.2, 0.25) is 0 Å². The maximum atomic E-state index is 10.6. The Bertz CT molecular complexity index is 867. The predicted octanol–water partition coefficient (Wildman–Crippen LogP) is 1.31. The molecular weight excluding hydrogens is 381 g/mol. The number of nitrogens with two attached hydrogens (primary N) is 1. The van der Waals surface area contributed by atoms with Gasteiger partial charge in [0.05, 0.1) is 19.0 Å². The lowest BCUT2D eigenvalue weighted by Crippen LogP contribution is -2.31. The number of anilines is 1. The molecule has 28 heavy (non-hydrogen) atoms. The number of hydrogen-bond acceptors (Lipinski definition) is 8. The lowest BCUT2D eigenvalue weighted by atomic mass is 10.1. The van der Waals surface area contributed by atoms with Crippen LogP contribution in [0, 0.1) is 0 Å². The monoisotopic (exact) mass is 411 g/mol. The molecule has 156 valence electrons. The van der Waals surface area contributed by atoms with Crippen LogP contribution in [0.3, 0.4) is 0 Å². The van der Waals surface area contributed by atoms with E-state index >= 15 is 0 Å². The predicted molar refractivity (Wildman–Crippen MR) is 111 cm³/mol. The summed E-state index contributed by atoms with van der Waals surface area (Å²) >= 11 is 0. The van der Waals surface area contributed by atoms with Crippen LogP contribution < -0.4 is 10.5 Å². The van der Waals surface area contributed by atoms with Crippen molar-refractivity contribution >= 4 is 30.3 Å². The number of aliphatic hydroxyl groups excluding tert-OH is 2. The van der Waals surface area contributed by atoms with Crippen molar-refractivity contribution < 1.29 is 19.7 Å². The van der Waals surface area contributed by atoms with Crippen LogP contribution in [-0.4, -0.2) is 80.4 Å². The molecule has 0 saturated carbocycles. The molecule has 0 spiro atoms. The van der Waals surface area contributed by atoms with Gasteiger partial charge < -0.3 is 25.4 Å². The molecule has 1 saturated heterocycles. The van der Waals surface area contributed by atoms with Crippen molar-refractivity contribution in [3.8, 4) is 5.88 Å². The van der Waals surface area contributed by atoms with Gasteiger partial charge in [0.1, 0.15) is 12.2 Å². The average molecular weight is 411 g/mol. The normalized spacial score (nSPS) is 25.5. The van der Waals surface area contributed by atoms with Crippen molar-refractivity contribution in [3.63, 3.8) is 0 Å². The second-order valence-corrected chi connectivity index (χ2v) is 12.2. The molecule has 3 rings (SSSR count). The standard InChI is InChI=1S/C18H30N5O4P/c1-5-6-8-26-16-12-15(21-18(19)22-16)23(10-20-12)17-14(25)13(24)11(27-17)7-9-28(2,3)4/h10-11,13-14,17,24-25H,2,5-9H2,1,3-4H3,(H2,19,21,22)/t11?,13-,14-,17?/m1/s1. The number of unbranched alkanes of at least 4 members (excludes halogenated alkanes) is 1. The first kappa shape index (κ1) is 21.0. The number of hydrogen-bond donors (Lipinski definition) is 3. The average Bonchev–Trinajstić information content (AvgIpc) is 3.15. The second-order valence-electron chi connectivity index (χ2n) is 7.91. The second kappa shape index (κ2) is 8.37. The molecule has 0 radical (unpaired) electrons. The molecule has 0 amide bonds. The van der Waals surface area contributed by atoms with E-state index in [2.05, 4.69) is 41.5 Å². The third-order valence-electron chi connectivity index (χ3n) is 4.77. The van der Waals surface area contributed by atoms with Gasteiger partial charge in [-0.05, 0) is 32.3 Å². The lowest BCUT2D eigenvalue weighted by Gasteiger charge is -2.18. The highest BCUT2D eigenvalue weighted by atomic mass is 31.2. The van der Waals surface area contributed by atoms with Gasteiger partial charge in [-0.2, -0.15) is 9.97 Å². The topological polar surface area (TPSA) is 129 Å². The Morgan fingerprint density at radius 3 is 2.75 bits per heavy atom.